The fraction of sp³-hybridized carbons (Fsp3) is 0.833. The highest BCUT2D eigenvalue weighted by atomic mass is 16.4. The van der Waals surface area contributed by atoms with Crippen LogP contribution in [0.5, 0.6) is 0 Å². The van der Waals surface area contributed by atoms with Gasteiger partial charge in [0.25, 0.3) is 0 Å². The SMILES string of the molecule is CCC(C)C(N)C(=O)N1CCC[C@H](C(=O)O)C1. The number of amides is 1. The van der Waals surface area contributed by atoms with Gasteiger partial charge in [0.15, 0.2) is 0 Å². The molecule has 1 saturated heterocycles. The number of piperidine rings is 1. The van der Waals surface area contributed by atoms with E-state index in [1.54, 1.807) is 4.90 Å². The molecule has 1 fully saturated rings. The summed E-state index contributed by atoms with van der Waals surface area (Å²) in [7, 11) is 0. The van der Waals surface area contributed by atoms with E-state index in [-0.39, 0.29) is 11.8 Å². The standard InChI is InChI=1S/C12H22N2O3/c1-3-8(2)10(13)11(15)14-6-4-5-9(7-14)12(16)17/h8-10H,3-7,13H2,1-2H3,(H,16,17)/t8?,9-,10?/m0/s1. The lowest BCUT2D eigenvalue weighted by Crippen LogP contribution is -2.51. The minimum Gasteiger partial charge on any atom is -0.481 e. The van der Waals surface area contributed by atoms with Gasteiger partial charge in [-0.1, -0.05) is 20.3 Å². The Morgan fingerprint density at radius 1 is 1.53 bits per heavy atom. The van der Waals surface area contributed by atoms with Gasteiger partial charge in [-0.15, -0.1) is 0 Å². The van der Waals surface area contributed by atoms with Gasteiger partial charge < -0.3 is 15.7 Å². The van der Waals surface area contributed by atoms with Crippen LogP contribution in [0.1, 0.15) is 33.1 Å². The maximum absolute atomic E-state index is 12.1. The third-order valence-electron chi connectivity index (χ3n) is 3.62. The second-order valence-corrected chi connectivity index (χ2v) is 4.87. The fourth-order valence-electron chi connectivity index (χ4n) is 2.09. The number of likely N-dealkylation sites (tertiary alicyclic amines) is 1. The molecule has 0 bridgehead atoms. The van der Waals surface area contributed by atoms with Crippen LogP contribution in [0.25, 0.3) is 0 Å². The summed E-state index contributed by atoms with van der Waals surface area (Å²) in [4.78, 5) is 24.6. The molecule has 5 nitrogen and oxygen atoms in total. The minimum atomic E-state index is -0.820. The van der Waals surface area contributed by atoms with Crippen molar-refractivity contribution in [1.82, 2.24) is 4.90 Å². The molecule has 1 heterocycles. The van der Waals surface area contributed by atoms with Crippen LogP contribution < -0.4 is 5.73 Å². The number of carboxylic acids is 1. The molecule has 1 rings (SSSR count). The fourth-order valence-corrected chi connectivity index (χ4v) is 2.09. The van der Waals surface area contributed by atoms with E-state index in [1.165, 1.54) is 0 Å². The maximum Gasteiger partial charge on any atom is 0.308 e. The Morgan fingerprint density at radius 3 is 2.71 bits per heavy atom. The van der Waals surface area contributed by atoms with E-state index in [0.717, 1.165) is 12.8 Å². The molecule has 0 aromatic heterocycles. The predicted molar refractivity (Wildman–Crippen MR) is 64.4 cm³/mol. The molecule has 3 N–H and O–H groups in total. The van der Waals surface area contributed by atoms with Gasteiger partial charge in [-0.3, -0.25) is 9.59 Å². The van der Waals surface area contributed by atoms with Gasteiger partial charge in [0.1, 0.15) is 0 Å². The maximum atomic E-state index is 12.1. The summed E-state index contributed by atoms with van der Waals surface area (Å²) < 4.78 is 0. The number of hydrogen-bond donors (Lipinski definition) is 2. The molecule has 1 aliphatic heterocycles. The molecule has 0 aliphatic carbocycles. The zero-order valence-electron chi connectivity index (χ0n) is 10.6. The lowest BCUT2D eigenvalue weighted by atomic mass is 9.94. The molecule has 1 aliphatic rings. The highest BCUT2D eigenvalue weighted by Crippen LogP contribution is 2.18. The monoisotopic (exact) mass is 242 g/mol. The van der Waals surface area contributed by atoms with Crippen molar-refractivity contribution < 1.29 is 14.7 Å². The topological polar surface area (TPSA) is 83.6 Å². The van der Waals surface area contributed by atoms with Crippen LogP contribution in [0.3, 0.4) is 0 Å². The number of carbonyl (C=O) groups excluding carboxylic acids is 1. The summed E-state index contributed by atoms with van der Waals surface area (Å²) in [5.41, 5.74) is 5.89. The molecular formula is C12H22N2O3. The van der Waals surface area contributed by atoms with Gasteiger partial charge in [-0.05, 0) is 18.8 Å². The van der Waals surface area contributed by atoms with Crippen molar-refractivity contribution in [3.8, 4) is 0 Å². The smallest absolute Gasteiger partial charge is 0.308 e. The minimum absolute atomic E-state index is 0.106. The lowest BCUT2D eigenvalue weighted by Gasteiger charge is -2.33. The summed E-state index contributed by atoms with van der Waals surface area (Å²) in [6.45, 7) is 4.88. The normalized spacial score (nSPS) is 24.2. The summed E-state index contributed by atoms with van der Waals surface area (Å²) in [6.07, 6.45) is 2.25. The van der Waals surface area contributed by atoms with Crippen molar-refractivity contribution in [2.45, 2.75) is 39.2 Å². The van der Waals surface area contributed by atoms with Crippen LogP contribution >= 0.6 is 0 Å². The van der Waals surface area contributed by atoms with E-state index in [9.17, 15) is 9.59 Å². The Morgan fingerprint density at radius 2 is 2.18 bits per heavy atom. The second-order valence-electron chi connectivity index (χ2n) is 4.87. The highest BCUT2D eigenvalue weighted by molar-refractivity contribution is 5.82. The Kier molecular flexibility index (Phi) is 4.93. The zero-order valence-corrected chi connectivity index (χ0v) is 10.6. The third-order valence-corrected chi connectivity index (χ3v) is 3.62. The third kappa shape index (κ3) is 3.43. The van der Waals surface area contributed by atoms with Gasteiger partial charge in [-0.2, -0.15) is 0 Å². The molecule has 98 valence electrons. The molecule has 0 spiro atoms. The van der Waals surface area contributed by atoms with Crippen molar-refractivity contribution >= 4 is 11.9 Å². The molecule has 0 aromatic carbocycles. The van der Waals surface area contributed by atoms with E-state index in [2.05, 4.69) is 0 Å². The summed E-state index contributed by atoms with van der Waals surface area (Å²) in [5.74, 6) is -1.23. The van der Waals surface area contributed by atoms with Gasteiger partial charge in [-0.25, -0.2) is 0 Å². The van der Waals surface area contributed by atoms with Crippen LogP contribution in [-0.4, -0.2) is 41.0 Å². The van der Waals surface area contributed by atoms with Crippen molar-refractivity contribution in [3.05, 3.63) is 0 Å². The first-order valence-electron chi connectivity index (χ1n) is 6.24. The second kappa shape index (κ2) is 6.00. The Balaban J connectivity index is 2.60. The first kappa shape index (κ1) is 14.0. The van der Waals surface area contributed by atoms with Gasteiger partial charge in [0.2, 0.25) is 5.91 Å². The predicted octanol–water partition coefficient (Wildman–Crippen LogP) is 0.683. The Bertz CT molecular complexity index is 293. The van der Waals surface area contributed by atoms with Crippen LogP contribution in [0.2, 0.25) is 0 Å². The van der Waals surface area contributed by atoms with Crippen LogP contribution in [0.15, 0.2) is 0 Å². The van der Waals surface area contributed by atoms with Gasteiger partial charge >= 0.3 is 5.97 Å². The molecule has 1 amide bonds. The highest BCUT2D eigenvalue weighted by Gasteiger charge is 2.31. The average Bonchev–Trinajstić information content (AvgIpc) is 2.36. The van der Waals surface area contributed by atoms with E-state index in [4.69, 9.17) is 10.8 Å². The molecule has 0 aromatic rings. The number of carboxylic acid groups (broad SMARTS) is 1. The van der Waals surface area contributed by atoms with Gasteiger partial charge in [0.05, 0.1) is 12.0 Å². The molecule has 5 heteroatoms. The number of nitrogens with zero attached hydrogens (tertiary/aromatic N) is 1. The molecule has 0 saturated carbocycles. The molecule has 17 heavy (non-hydrogen) atoms. The quantitative estimate of drug-likeness (QED) is 0.759. The molecule has 0 radical (unpaired) electrons. The number of hydrogen-bond acceptors (Lipinski definition) is 3. The van der Waals surface area contributed by atoms with Crippen LogP contribution in [0.4, 0.5) is 0 Å². The average molecular weight is 242 g/mol. The number of rotatable bonds is 4. The number of carbonyl (C=O) groups is 2. The van der Waals surface area contributed by atoms with Crippen molar-refractivity contribution in [2.24, 2.45) is 17.6 Å². The van der Waals surface area contributed by atoms with Crippen LogP contribution in [0, 0.1) is 11.8 Å². The molecule has 2 unspecified atom stereocenters. The largest absolute Gasteiger partial charge is 0.481 e. The van der Waals surface area contributed by atoms with Crippen molar-refractivity contribution in [1.29, 1.82) is 0 Å². The lowest BCUT2D eigenvalue weighted by molar-refractivity contribution is -0.146. The zero-order chi connectivity index (χ0) is 13.0. The van der Waals surface area contributed by atoms with E-state index < -0.39 is 17.9 Å². The first-order valence-corrected chi connectivity index (χ1v) is 6.24. The van der Waals surface area contributed by atoms with E-state index in [1.807, 2.05) is 13.8 Å². The molecular weight excluding hydrogens is 220 g/mol. The summed E-state index contributed by atoms with van der Waals surface area (Å²) in [6, 6.07) is -0.507. The molecule has 3 atom stereocenters. The Labute approximate surface area is 102 Å². The van der Waals surface area contributed by atoms with Gasteiger partial charge in [0, 0.05) is 13.1 Å². The number of nitrogens with two attached hydrogens (primary N) is 1. The van der Waals surface area contributed by atoms with Crippen molar-refractivity contribution in [2.75, 3.05) is 13.1 Å². The van der Waals surface area contributed by atoms with Crippen LogP contribution in [-0.2, 0) is 9.59 Å². The van der Waals surface area contributed by atoms with Crippen molar-refractivity contribution in [3.63, 3.8) is 0 Å². The van der Waals surface area contributed by atoms with E-state index >= 15 is 0 Å². The number of aliphatic carboxylic acids is 1. The summed E-state index contributed by atoms with van der Waals surface area (Å²) in [5, 5.41) is 8.96. The Hall–Kier alpha value is -1.10. The summed E-state index contributed by atoms with van der Waals surface area (Å²) >= 11 is 0. The van der Waals surface area contributed by atoms with E-state index in [0.29, 0.717) is 19.5 Å². The first-order chi connectivity index (χ1) is 7.97.